The van der Waals surface area contributed by atoms with E-state index in [9.17, 15) is 9.59 Å². The Labute approximate surface area is 93.4 Å². The molecule has 0 spiro atoms. The average molecular weight is 225 g/mol. The lowest BCUT2D eigenvalue weighted by Gasteiger charge is -2.17. The number of hydrogen-bond acceptors (Lipinski definition) is 3. The first-order valence-corrected chi connectivity index (χ1v) is 4.91. The Morgan fingerprint density at radius 2 is 1.88 bits per heavy atom. The van der Waals surface area contributed by atoms with Crippen LogP contribution in [0.3, 0.4) is 0 Å². The van der Waals surface area contributed by atoms with Gasteiger partial charge >= 0.3 is 5.97 Å². The lowest BCUT2D eigenvalue weighted by atomic mass is 9.97. The molecule has 88 valence electrons. The number of amides is 1. The van der Waals surface area contributed by atoms with Gasteiger partial charge in [0.2, 0.25) is 5.76 Å². The van der Waals surface area contributed by atoms with Crippen LogP contribution >= 0.6 is 0 Å². The van der Waals surface area contributed by atoms with Crippen LogP contribution in [-0.4, -0.2) is 23.5 Å². The summed E-state index contributed by atoms with van der Waals surface area (Å²) in [6.45, 7) is 6.45. The van der Waals surface area contributed by atoms with Crippen LogP contribution in [0.4, 0.5) is 0 Å². The Balaban J connectivity index is 2.63. The number of nitrogens with one attached hydrogen (secondary N) is 1. The minimum absolute atomic E-state index is 0.0154. The first-order valence-electron chi connectivity index (χ1n) is 4.91. The van der Waals surface area contributed by atoms with Gasteiger partial charge in [0.1, 0.15) is 0 Å². The summed E-state index contributed by atoms with van der Waals surface area (Å²) in [5.74, 6) is -1.81. The largest absolute Gasteiger partial charge is 0.475 e. The number of carboxylic acid groups (broad SMARTS) is 1. The Bertz CT molecular complexity index is 400. The molecule has 0 atom stereocenters. The zero-order valence-electron chi connectivity index (χ0n) is 9.53. The second-order valence-electron chi connectivity index (χ2n) is 4.71. The highest BCUT2D eigenvalue weighted by atomic mass is 16.4. The van der Waals surface area contributed by atoms with E-state index < -0.39 is 11.9 Å². The number of rotatable bonds is 3. The first kappa shape index (κ1) is 12.3. The summed E-state index contributed by atoms with van der Waals surface area (Å²) in [5.41, 5.74) is -0.0299. The summed E-state index contributed by atoms with van der Waals surface area (Å²) in [6.07, 6.45) is 0. The second kappa shape index (κ2) is 4.38. The molecule has 0 fully saturated rings. The first-order chi connectivity index (χ1) is 7.29. The highest BCUT2D eigenvalue weighted by Crippen LogP contribution is 2.12. The summed E-state index contributed by atoms with van der Waals surface area (Å²) < 4.78 is 4.86. The van der Waals surface area contributed by atoms with E-state index in [0.29, 0.717) is 6.54 Å². The van der Waals surface area contributed by atoms with Crippen LogP contribution in [0.5, 0.6) is 0 Å². The molecule has 0 bridgehead atoms. The maximum atomic E-state index is 11.5. The molecule has 1 rings (SSSR count). The molecule has 2 N–H and O–H groups in total. The quantitative estimate of drug-likeness (QED) is 0.821. The number of furan rings is 1. The normalized spacial score (nSPS) is 11.2. The number of aromatic carboxylic acids is 1. The van der Waals surface area contributed by atoms with Crippen LogP contribution in [0.1, 0.15) is 41.9 Å². The summed E-state index contributed by atoms with van der Waals surface area (Å²) in [5, 5.41) is 11.3. The molecule has 0 aromatic carbocycles. The average Bonchev–Trinajstić information content (AvgIpc) is 2.61. The SMILES string of the molecule is CC(C)(C)CNC(=O)c1ccc(C(=O)O)o1. The Morgan fingerprint density at radius 1 is 1.31 bits per heavy atom. The van der Waals surface area contributed by atoms with Crippen LogP contribution in [0, 0.1) is 5.41 Å². The molecule has 0 aliphatic heterocycles. The Hall–Kier alpha value is -1.78. The monoisotopic (exact) mass is 225 g/mol. The van der Waals surface area contributed by atoms with Gasteiger partial charge in [-0.25, -0.2) is 4.79 Å². The molecule has 1 aromatic heterocycles. The van der Waals surface area contributed by atoms with Crippen LogP contribution in [-0.2, 0) is 0 Å². The minimum Gasteiger partial charge on any atom is -0.475 e. The smallest absolute Gasteiger partial charge is 0.371 e. The van der Waals surface area contributed by atoms with Crippen molar-refractivity contribution < 1.29 is 19.1 Å². The van der Waals surface area contributed by atoms with Gasteiger partial charge < -0.3 is 14.8 Å². The third kappa shape index (κ3) is 3.42. The predicted molar refractivity (Wildman–Crippen MR) is 57.5 cm³/mol. The highest BCUT2D eigenvalue weighted by Gasteiger charge is 2.17. The van der Waals surface area contributed by atoms with Crippen molar-refractivity contribution in [3.05, 3.63) is 23.7 Å². The van der Waals surface area contributed by atoms with E-state index in [0.717, 1.165) is 0 Å². The molecule has 0 unspecified atom stereocenters. The fraction of sp³-hybridized carbons (Fsp3) is 0.455. The lowest BCUT2D eigenvalue weighted by Crippen LogP contribution is -2.31. The third-order valence-electron chi connectivity index (χ3n) is 1.82. The van der Waals surface area contributed by atoms with Crippen molar-refractivity contribution in [2.24, 2.45) is 5.41 Å². The van der Waals surface area contributed by atoms with Crippen LogP contribution < -0.4 is 5.32 Å². The number of carbonyl (C=O) groups is 2. The van der Waals surface area contributed by atoms with E-state index in [-0.39, 0.29) is 16.9 Å². The molecule has 0 aliphatic carbocycles. The fourth-order valence-corrected chi connectivity index (χ4v) is 1.01. The van der Waals surface area contributed by atoms with E-state index in [1.807, 2.05) is 20.8 Å². The second-order valence-corrected chi connectivity index (χ2v) is 4.71. The molecule has 0 radical (unpaired) electrons. The van der Waals surface area contributed by atoms with Gasteiger partial charge in [0, 0.05) is 6.54 Å². The lowest BCUT2D eigenvalue weighted by molar-refractivity contribution is 0.0659. The van der Waals surface area contributed by atoms with Gasteiger partial charge in [0.15, 0.2) is 5.76 Å². The van der Waals surface area contributed by atoms with Crippen molar-refractivity contribution >= 4 is 11.9 Å². The Kier molecular flexibility index (Phi) is 3.37. The molecular formula is C11H15NO4. The molecule has 0 aliphatic rings. The van der Waals surface area contributed by atoms with Gasteiger partial charge in [-0.3, -0.25) is 4.79 Å². The van der Waals surface area contributed by atoms with Crippen molar-refractivity contribution in [1.82, 2.24) is 5.32 Å². The molecule has 1 amide bonds. The zero-order chi connectivity index (χ0) is 12.3. The van der Waals surface area contributed by atoms with Gasteiger partial charge in [-0.1, -0.05) is 20.8 Å². The summed E-state index contributed by atoms with van der Waals surface area (Å²) in [7, 11) is 0. The molecule has 16 heavy (non-hydrogen) atoms. The minimum atomic E-state index is -1.19. The summed E-state index contributed by atoms with van der Waals surface area (Å²) in [4.78, 5) is 22.1. The standard InChI is InChI=1S/C11H15NO4/c1-11(2,3)6-12-9(13)7-4-5-8(16-7)10(14)15/h4-5H,6H2,1-3H3,(H,12,13)(H,14,15). The summed E-state index contributed by atoms with van der Waals surface area (Å²) in [6, 6.07) is 2.61. The topological polar surface area (TPSA) is 79.5 Å². The molecule has 0 saturated heterocycles. The number of carboxylic acids is 1. The molecule has 5 nitrogen and oxygen atoms in total. The molecule has 0 saturated carbocycles. The van der Waals surface area contributed by atoms with Gasteiger partial charge in [0.25, 0.3) is 5.91 Å². The van der Waals surface area contributed by atoms with Gasteiger partial charge in [-0.05, 0) is 17.5 Å². The van der Waals surface area contributed by atoms with E-state index in [1.54, 1.807) is 0 Å². The third-order valence-corrected chi connectivity index (χ3v) is 1.82. The number of hydrogen-bond donors (Lipinski definition) is 2. The molecule has 1 heterocycles. The predicted octanol–water partition coefficient (Wildman–Crippen LogP) is 1.75. The van der Waals surface area contributed by atoms with E-state index in [4.69, 9.17) is 9.52 Å². The van der Waals surface area contributed by atoms with Crippen LogP contribution in [0.25, 0.3) is 0 Å². The van der Waals surface area contributed by atoms with Crippen molar-refractivity contribution in [2.45, 2.75) is 20.8 Å². The van der Waals surface area contributed by atoms with E-state index in [1.165, 1.54) is 12.1 Å². The van der Waals surface area contributed by atoms with E-state index in [2.05, 4.69) is 5.32 Å². The van der Waals surface area contributed by atoms with Crippen LogP contribution in [0.2, 0.25) is 0 Å². The maximum Gasteiger partial charge on any atom is 0.371 e. The van der Waals surface area contributed by atoms with Gasteiger partial charge in [-0.2, -0.15) is 0 Å². The molecular weight excluding hydrogens is 210 g/mol. The number of carbonyl (C=O) groups excluding carboxylic acids is 1. The van der Waals surface area contributed by atoms with Crippen molar-refractivity contribution in [2.75, 3.05) is 6.54 Å². The van der Waals surface area contributed by atoms with Crippen molar-refractivity contribution in [3.8, 4) is 0 Å². The summed E-state index contributed by atoms with van der Waals surface area (Å²) >= 11 is 0. The van der Waals surface area contributed by atoms with Gasteiger partial charge in [-0.15, -0.1) is 0 Å². The maximum absolute atomic E-state index is 11.5. The zero-order valence-corrected chi connectivity index (χ0v) is 9.53. The molecule has 1 aromatic rings. The van der Waals surface area contributed by atoms with Crippen molar-refractivity contribution in [1.29, 1.82) is 0 Å². The van der Waals surface area contributed by atoms with Gasteiger partial charge in [0.05, 0.1) is 0 Å². The highest BCUT2D eigenvalue weighted by molar-refractivity contribution is 5.93. The van der Waals surface area contributed by atoms with Crippen LogP contribution in [0.15, 0.2) is 16.5 Å². The fourth-order valence-electron chi connectivity index (χ4n) is 1.01. The molecule has 5 heteroatoms. The van der Waals surface area contributed by atoms with E-state index >= 15 is 0 Å². The Morgan fingerprint density at radius 3 is 2.31 bits per heavy atom. The van der Waals surface area contributed by atoms with Crippen molar-refractivity contribution in [3.63, 3.8) is 0 Å².